The number of aromatic nitrogens is 3. The Bertz CT molecular complexity index is 1260. The van der Waals surface area contributed by atoms with Crippen LogP contribution in [0.25, 0.3) is 11.3 Å². The summed E-state index contributed by atoms with van der Waals surface area (Å²) in [6.45, 7) is 1.67. The van der Waals surface area contributed by atoms with Crippen LogP contribution in [0.1, 0.15) is 21.7 Å². The molecule has 2 amide bonds. The van der Waals surface area contributed by atoms with Gasteiger partial charge in [-0.15, -0.1) is 0 Å². The van der Waals surface area contributed by atoms with Crippen molar-refractivity contribution in [2.75, 3.05) is 31.1 Å². The lowest BCUT2D eigenvalue weighted by Gasteiger charge is -2.34. The molecule has 0 unspecified atom stereocenters. The van der Waals surface area contributed by atoms with E-state index >= 15 is 0 Å². The molecular formula is C23H20F4N6O3. The lowest BCUT2D eigenvalue weighted by atomic mass is 10.1. The van der Waals surface area contributed by atoms with Crippen LogP contribution in [0, 0.1) is 5.82 Å². The predicted molar refractivity (Wildman–Crippen MR) is 120 cm³/mol. The van der Waals surface area contributed by atoms with Crippen LogP contribution in [0.5, 0.6) is 0 Å². The average Bonchev–Trinajstić information content (AvgIpc) is 2.87. The highest BCUT2D eigenvalue weighted by Crippen LogP contribution is 2.30. The molecule has 4 rings (SSSR count). The van der Waals surface area contributed by atoms with Crippen molar-refractivity contribution in [2.45, 2.75) is 12.7 Å². The summed E-state index contributed by atoms with van der Waals surface area (Å²) in [6.07, 6.45) is -1.91. The predicted octanol–water partition coefficient (Wildman–Crippen LogP) is 3.43. The Balaban J connectivity index is 1.36. The first-order valence-corrected chi connectivity index (χ1v) is 10.8. The van der Waals surface area contributed by atoms with E-state index in [1.54, 1.807) is 6.07 Å². The van der Waals surface area contributed by atoms with E-state index in [-0.39, 0.29) is 23.5 Å². The Kier molecular flexibility index (Phi) is 6.99. The number of rotatable bonds is 5. The Morgan fingerprint density at radius 3 is 2.36 bits per heavy atom. The number of piperazine rings is 1. The maximum Gasteiger partial charge on any atom is 0.433 e. The molecule has 4 heterocycles. The first-order valence-electron chi connectivity index (χ1n) is 10.8. The van der Waals surface area contributed by atoms with Crippen molar-refractivity contribution in [2.24, 2.45) is 0 Å². The minimum atomic E-state index is -4.67. The molecule has 0 atom stereocenters. The van der Waals surface area contributed by atoms with Gasteiger partial charge in [0, 0.05) is 50.7 Å². The van der Waals surface area contributed by atoms with Crippen LogP contribution in [0.3, 0.4) is 0 Å². The van der Waals surface area contributed by atoms with Crippen LogP contribution < -0.4 is 10.2 Å². The van der Waals surface area contributed by atoms with Crippen LogP contribution in [0.15, 0.2) is 48.9 Å². The summed E-state index contributed by atoms with van der Waals surface area (Å²) in [5.41, 5.74) is -0.299. The number of carbonyl (C=O) groups excluding carboxylic acids is 1. The molecule has 1 aliphatic heterocycles. The second kappa shape index (κ2) is 10.1. The van der Waals surface area contributed by atoms with Gasteiger partial charge in [-0.05, 0) is 35.9 Å². The number of carbonyl (C=O) groups is 2. The van der Waals surface area contributed by atoms with Crippen molar-refractivity contribution in [1.29, 1.82) is 0 Å². The standard InChI is InChI=1S/C23H20F4N6O3/c24-17-9-14(11-30-20(17)15-3-4-28-19(10-15)23(25,26)27)12-31-21(34)18-2-1-16(13-29-18)32-5-7-33(8-6-32)22(35)36/h1-4,9-11,13H,5-8,12H2,(H,31,34)(H,35,36). The van der Waals surface area contributed by atoms with Gasteiger partial charge in [-0.25, -0.2) is 14.2 Å². The van der Waals surface area contributed by atoms with E-state index in [9.17, 15) is 27.2 Å². The highest BCUT2D eigenvalue weighted by Gasteiger charge is 2.32. The number of hydrogen-bond donors (Lipinski definition) is 2. The van der Waals surface area contributed by atoms with Crippen LogP contribution >= 0.6 is 0 Å². The number of hydrogen-bond acceptors (Lipinski definition) is 6. The maximum absolute atomic E-state index is 14.6. The van der Waals surface area contributed by atoms with Crippen molar-refractivity contribution >= 4 is 17.7 Å². The van der Waals surface area contributed by atoms with Gasteiger partial charge in [0.15, 0.2) is 0 Å². The minimum absolute atomic E-state index is 0.0703. The van der Waals surface area contributed by atoms with Crippen LogP contribution in [0.2, 0.25) is 0 Å². The van der Waals surface area contributed by atoms with Gasteiger partial charge in [-0.1, -0.05) is 0 Å². The summed E-state index contributed by atoms with van der Waals surface area (Å²) in [5.74, 6) is -1.35. The zero-order valence-electron chi connectivity index (χ0n) is 18.7. The summed E-state index contributed by atoms with van der Waals surface area (Å²) in [7, 11) is 0. The van der Waals surface area contributed by atoms with Crippen molar-refractivity contribution < 1.29 is 32.3 Å². The lowest BCUT2D eigenvalue weighted by molar-refractivity contribution is -0.141. The van der Waals surface area contributed by atoms with Crippen molar-refractivity contribution in [1.82, 2.24) is 25.2 Å². The second-order valence-corrected chi connectivity index (χ2v) is 7.94. The molecule has 2 N–H and O–H groups in total. The highest BCUT2D eigenvalue weighted by molar-refractivity contribution is 5.92. The third-order valence-corrected chi connectivity index (χ3v) is 5.57. The van der Waals surface area contributed by atoms with Gasteiger partial charge in [0.25, 0.3) is 5.91 Å². The van der Waals surface area contributed by atoms with Gasteiger partial charge in [0.2, 0.25) is 0 Å². The highest BCUT2D eigenvalue weighted by atomic mass is 19.4. The Labute approximate surface area is 202 Å². The fourth-order valence-electron chi connectivity index (χ4n) is 3.66. The maximum atomic E-state index is 14.6. The zero-order valence-corrected chi connectivity index (χ0v) is 18.7. The average molecular weight is 504 g/mol. The van der Waals surface area contributed by atoms with Gasteiger partial charge in [-0.3, -0.25) is 14.8 Å². The summed E-state index contributed by atoms with van der Waals surface area (Å²) in [5, 5.41) is 11.6. The second-order valence-electron chi connectivity index (χ2n) is 7.94. The van der Waals surface area contributed by atoms with E-state index in [1.807, 2.05) is 4.90 Å². The molecule has 0 aliphatic carbocycles. The Hall–Kier alpha value is -4.29. The van der Waals surface area contributed by atoms with Gasteiger partial charge in [0.1, 0.15) is 22.9 Å². The summed E-state index contributed by atoms with van der Waals surface area (Å²) in [4.78, 5) is 38.1. The lowest BCUT2D eigenvalue weighted by Crippen LogP contribution is -2.48. The molecule has 0 spiro atoms. The molecule has 3 aromatic rings. The number of nitrogens with one attached hydrogen (secondary N) is 1. The molecule has 0 radical (unpaired) electrons. The molecule has 188 valence electrons. The SMILES string of the molecule is O=C(NCc1cnc(-c2ccnc(C(F)(F)F)c2)c(F)c1)c1ccc(N2CCN(C(=O)O)CC2)cn1. The van der Waals surface area contributed by atoms with Gasteiger partial charge < -0.3 is 20.2 Å². The molecule has 0 aromatic carbocycles. The van der Waals surface area contributed by atoms with Crippen LogP contribution in [-0.4, -0.2) is 63.1 Å². The first-order chi connectivity index (χ1) is 17.1. The molecule has 0 saturated carbocycles. The number of alkyl halides is 3. The molecule has 9 nitrogen and oxygen atoms in total. The van der Waals surface area contributed by atoms with E-state index in [0.29, 0.717) is 37.8 Å². The molecule has 1 saturated heterocycles. The molecule has 3 aromatic heterocycles. The van der Waals surface area contributed by atoms with Crippen molar-refractivity contribution in [3.8, 4) is 11.3 Å². The van der Waals surface area contributed by atoms with Crippen LogP contribution in [0.4, 0.5) is 28.0 Å². The van der Waals surface area contributed by atoms with Gasteiger partial charge in [-0.2, -0.15) is 13.2 Å². The third-order valence-electron chi connectivity index (χ3n) is 5.57. The molecule has 0 bridgehead atoms. The van der Waals surface area contributed by atoms with Crippen LogP contribution in [-0.2, 0) is 12.7 Å². The summed E-state index contributed by atoms with van der Waals surface area (Å²) >= 11 is 0. The number of anilines is 1. The molecular weight excluding hydrogens is 484 g/mol. The number of amides is 2. The van der Waals surface area contributed by atoms with E-state index in [0.717, 1.165) is 18.0 Å². The largest absolute Gasteiger partial charge is 0.465 e. The fraction of sp³-hybridized carbons (Fsp3) is 0.261. The molecule has 1 aliphatic rings. The number of nitrogens with zero attached hydrogens (tertiary/aromatic N) is 5. The number of pyridine rings is 3. The zero-order chi connectivity index (χ0) is 25.9. The Morgan fingerprint density at radius 1 is 1.00 bits per heavy atom. The normalized spacial score (nSPS) is 14.0. The first kappa shape index (κ1) is 24.8. The molecule has 13 heteroatoms. The number of halogens is 4. The van der Waals surface area contributed by atoms with Gasteiger partial charge >= 0.3 is 12.3 Å². The van der Waals surface area contributed by atoms with E-state index in [4.69, 9.17) is 5.11 Å². The smallest absolute Gasteiger partial charge is 0.433 e. The van der Waals surface area contributed by atoms with E-state index in [1.165, 1.54) is 29.4 Å². The van der Waals surface area contributed by atoms with Crippen molar-refractivity contribution in [3.63, 3.8) is 0 Å². The van der Waals surface area contributed by atoms with E-state index < -0.39 is 29.7 Å². The Morgan fingerprint density at radius 2 is 1.75 bits per heavy atom. The third kappa shape index (κ3) is 5.67. The number of carboxylic acid groups (broad SMARTS) is 1. The van der Waals surface area contributed by atoms with Crippen molar-refractivity contribution in [3.05, 3.63) is 71.7 Å². The monoisotopic (exact) mass is 504 g/mol. The van der Waals surface area contributed by atoms with Gasteiger partial charge in [0.05, 0.1) is 11.9 Å². The quantitative estimate of drug-likeness (QED) is 0.512. The fourth-order valence-corrected chi connectivity index (χ4v) is 3.66. The molecule has 36 heavy (non-hydrogen) atoms. The molecule has 1 fully saturated rings. The summed E-state index contributed by atoms with van der Waals surface area (Å²) < 4.78 is 53.2. The minimum Gasteiger partial charge on any atom is -0.465 e. The van der Waals surface area contributed by atoms with E-state index in [2.05, 4.69) is 20.3 Å². The summed E-state index contributed by atoms with van der Waals surface area (Å²) in [6, 6.07) is 6.26. The topological polar surface area (TPSA) is 112 Å².